The second kappa shape index (κ2) is 3.99. The Morgan fingerprint density at radius 2 is 2.07 bits per heavy atom. The molecule has 0 aliphatic heterocycles. The first-order valence-electron chi connectivity index (χ1n) is 3.55. The summed E-state index contributed by atoms with van der Waals surface area (Å²) in [4.78, 5) is 9.62. The lowest BCUT2D eigenvalue weighted by molar-refractivity contribution is -0.385. The second-order valence-electron chi connectivity index (χ2n) is 2.47. The van der Waals surface area contributed by atoms with E-state index >= 15 is 0 Å². The zero-order valence-corrected chi connectivity index (χ0v) is 6.94. The number of rotatable bonds is 3. The van der Waals surface area contributed by atoms with Crippen LogP contribution in [0.15, 0.2) is 18.2 Å². The van der Waals surface area contributed by atoms with Crippen molar-refractivity contribution in [3.8, 4) is 5.75 Å². The van der Waals surface area contributed by atoms with Gasteiger partial charge in [-0.25, -0.2) is 0 Å². The third-order valence-electron chi connectivity index (χ3n) is 1.39. The van der Waals surface area contributed by atoms with Gasteiger partial charge in [0.05, 0.1) is 11.0 Å². The molecule has 0 fully saturated rings. The number of hydrogen-bond acceptors (Lipinski definition) is 3. The lowest BCUT2D eigenvalue weighted by Gasteiger charge is -2.04. The average molecular weight is 202 g/mol. The predicted octanol–water partition coefficient (Wildman–Crippen LogP) is 2.38. The molecule has 0 atom stereocenters. The van der Waals surface area contributed by atoms with Gasteiger partial charge in [-0.15, -0.1) is 0 Å². The van der Waals surface area contributed by atoms with Crippen molar-refractivity contribution in [3.63, 3.8) is 0 Å². The molecule has 0 N–H and O–H groups in total. The van der Waals surface area contributed by atoms with E-state index in [-0.39, 0.29) is 17.0 Å². The third kappa shape index (κ3) is 2.65. The number of non-ortho nitro benzene ring substituents is 1. The molecule has 75 valence electrons. The monoisotopic (exact) mass is 202 g/mol. The van der Waals surface area contributed by atoms with Gasteiger partial charge in [-0.3, -0.25) is 10.1 Å². The molecule has 0 unspecified atom stereocenters. The molecule has 0 amide bonds. The normalized spacial score (nSPS) is 10.3. The summed E-state index contributed by atoms with van der Waals surface area (Å²) in [7, 11) is 0. The Balaban J connectivity index is 3.01. The van der Waals surface area contributed by atoms with Crippen molar-refractivity contribution in [1.29, 1.82) is 0 Å². The van der Waals surface area contributed by atoms with E-state index in [1.807, 2.05) is 0 Å². The maximum atomic E-state index is 11.8. The Hall–Kier alpha value is -1.72. The fourth-order valence-electron chi connectivity index (χ4n) is 0.920. The number of ether oxygens (including phenoxy) is 1. The highest BCUT2D eigenvalue weighted by Crippen LogP contribution is 2.23. The molecule has 0 saturated carbocycles. The number of nitro groups is 1. The summed E-state index contributed by atoms with van der Waals surface area (Å²) in [5.74, 6) is -0.265. The Bertz CT molecular complexity index is 354. The quantitative estimate of drug-likeness (QED) is 0.558. The molecular weight excluding hydrogens is 196 g/mol. The van der Waals surface area contributed by atoms with E-state index in [1.54, 1.807) is 0 Å². The maximum Gasteiger partial charge on any atom is 0.387 e. The Morgan fingerprint density at radius 1 is 1.43 bits per heavy atom. The van der Waals surface area contributed by atoms with Crippen molar-refractivity contribution in [1.82, 2.24) is 0 Å². The lowest BCUT2D eigenvalue weighted by Crippen LogP contribution is -2.02. The number of alkyl halides is 2. The van der Waals surface area contributed by atoms with E-state index in [4.69, 9.17) is 0 Å². The molecule has 6 heteroatoms. The van der Waals surface area contributed by atoms with Crippen LogP contribution in [0.1, 0.15) is 5.56 Å². The van der Waals surface area contributed by atoms with Crippen LogP contribution in [0.3, 0.4) is 0 Å². The maximum absolute atomic E-state index is 11.8. The van der Waals surface area contributed by atoms with Crippen LogP contribution in [-0.4, -0.2) is 11.5 Å². The van der Waals surface area contributed by atoms with E-state index in [0.717, 1.165) is 6.07 Å². The lowest BCUT2D eigenvalue weighted by atomic mass is 10.2. The van der Waals surface area contributed by atoms with Gasteiger partial charge in [0.1, 0.15) is 5.75 Å². The molecule has 0 aliphatic rings. The van der Waals surface area contributed by atoms with Crippen LogP contribution in [-0.2, 0) is 0 Å². The molecule has 4 nitrogen and oxygen atoms in total. The van der Waals surface area contributed by atoms with Crippen LogP contribution in [0.4, 0.5) is 14.5 Å². The predicted molar refractivity (Wildman–Crippen MR) is 44.2 cm³/mol. The molecule has 1 aromatic rings. The van der Waals surface area contributed by atoms with Gasteiger partial charge in [-0.1, -0.05) is 0 Å². The highest BCUT2D eigenvalue weighted by atomic mass is 19.3. The number of halogens is 2. The molecular formula is C8H6F2NO3. The third-order valence-corrected chi connectivity index (χ3v) is 1.39. The summed E-state index contributed by atoms with van der Waals surface area (Å²) in [5.41, 5.74) is -0.0806. The van der Waals surface area contributed by atoms with E-state index in [2.05, 4.69) is 11.7 Å². The highest BCUT2D eigenvalue weighted by molar-refractivity contribution is 5.43. The van der Waals surface area contributed by atoms with Crippen molar-refractivity contribution in [2.45, 2.75) is 6.61 Å². The fourth-order valence-corrected chi connectivity index (χ4v) is 0.920. The van der Waals surface area contributed by atoms with Crippen LogP contribution in [0.5, 0.6) is 5.75 Å². The topological polar surface area (TPSA) is 52.4 Å². The van der Waals surface area contributed by atoms with Gasteiger partial charge in [0.2, 0.25) is 0 Å². The van der Waals surface area contributed by atoms with Gasteiger partial charge in [-0.05, 0) is 18.6 Å². The van der Waals surface area contributed by atoms with Gasteiger partial charge in [0, 0.05) is 6.07 Å². The van der Waals surface area contributed by atoms with Gasteiger partial charge in [-0.2, -0.15) is 8.78 Å². The minimum absolute atomic E-state index is 0.245. The van der Waals surface area contributed by atoms with Gasteiger partial charge < -0.3 is 4.74 Å². The van der Waals surface area contributed by atoms with E-state index in [9.17, 15) is 18.9 Å². The minimum atomic E-state index is -3.00. The summed E-state index contributed by atoms with van der Waals surface area (Å²) in [6, 6.07) is 3.28. The van der Waals surface area contributed by atoms with Gasteiger partial charge in [0.15, 0.2) is 0 Å². The summed E-state index contributed by atoms with van der Waals surface area (Å²) in [6.07, 6.45) is 0. The van der Waals surface area contributed by atoms with Crippen molar-refractivity contribution >= 4 is 5.69 Å². The largest absolute Gasteiger partial charge is 0.435 e. The smallest absolute Gasteiger partial charge is 0.387 e. The van der Waals surface area contributed by atoms with Crippen LogP contribution in [0, 0.1) is 17.0 Å². The van der Waals surface area contributed by atoms with Crippen molar-refractivity contribution in [3.05, 3.63) is 40.8 Å². The molecule has 0 saturated heterocycles. The zero-order valence-electron chi connectivity index (χ0n) is 6.94. The zero-order chi connectivity index (χ0) is 10.7. The van der Waals surface area contributed by atoms with Crippen LogP contribution >= 0.6 is 0 Å². The van der Waals surface area contributed by atoms with Gasteiger partial charge >= 0.3 is 6.61 Å². The first-order chi connectivity index (χ1) is 6.49. The second-order valence-corrected chi connectivity index (χ2v) is 2.47. The molecule has 1 radical (unpaired) electrons. The number of nitrogens with zero attached hydrogens (tertiary/aromatic N) is 1. The highest BCUT2D eigenvalue weighted by Gasteiger charge is 2.11. The SMILES string of the molecule is [CH2]c1cc(OC(F)F)cc([N+](=O)[O-])c1. The van der Waals surface area contributed by atoms with E-state index in [1.165, 1.54) is 12.1 Å². The first kappa shape index (κ1) is 10.4. The summed E-state index contributed by atoms with van der Waals surface area (Å²) in [6.45, 7) is 0.399. The summed E-state index contributed by atoms with van der Waals surface area (Å²) >= 11 is 0. The molecule has 14 heavy (non-hydrogen) atoms. The van der Waals surface area contributed by atoms with E-state index in [0.29, 0.717) is 0 Å². The van der Waals surface area contributed by atoms with Crippen LogP contribution in [0.2, 0.25) is 0 Å². The Labute approximate surface area is 78.3 Å². The van der Waals surface area contributed by atoms with Crippen LogP contribution < -0.4 is 4.74 Å². The number of nitro benzene ring substituents is 1. The average Bonchev–Trinajstić information content (AvgIpc) is 2.01. The standard InChI is InChI=1S/C8H6F2NO3/c1-5-2-6(11(12)13)4-7(3-5)14-8(9)10/h2-4,8H,1H2. The van der Waals surface area contributed by atoms with Gasteiger partial charge in [0.25, 0.3) is 5.69 Å². The van der Waals surface area contributed by atoms with Crippen LogP contribution in [0.25, 0.3) is 0 Å². The molecule has 0 aliphatic carbocycles. The van der Waals surface area contributed by atoms with E-state index < -0.39 is 11.5 Å². The minimum Gasteiger partial charge on any atom is -0.435 e. The number of benzene rings is 1. The Morgan fingerprint density at radius 3 is 2.57 bits per heavy atom. The van der Waals surface area contributed by atoms with Crippen molar-refractivity contribution in [2.24, 2.45) is 0 Å². The Kier molecular flexibility index (Phi) is 2.95. The fraction of sp³-hybridized carbons (Fsp3) is 0.125. The first-order valence-corrected chi connectivity index (χ1v) is 3.55. The molecule has 1 aromatic carbocycles. The summed E-state index contributed by atoms with van der Waals surface area (Å²) in [5, 5.41) is 10.3. The molecule has 0 bridgehead atoms. The van der Waals surface area contributed by atoms with Crippen molar-refractivity contribution in [2.75, 3.05) is 0 Å². The summed E-state index contributed by atoms with van der Waals surface area (Å²) < 4.78 is 27.6. The molecule has 0 aromatic heterocycles. The molecule has 1 rings (SSSR count). The van der Waals surface area contributed by atoms with Crippen molar-refractivity contribution < 1.29 is 18.4 Å². The molecule has 0 spiro atoms. The molecule has 0 heterocycles. The number of hydrogen-bond donors (Lipinski definition) is 0.